The van der Waals surface area contributed by atoms with Crippen LogP contribution in [0.5, 0.6) is 0 Å². The zero-order valence-corrected chi connectivity index (χ0v) is 10.9. The van der Waals surface area contributed by atoms with E-state index in [2.05, 4.69) is 21.8 Å². The first kappa shape index (κ1) is 12.8. The summed E-state index contributed by atoms with van der Waals surface area (Å²) in [6.45, 7) is 3.63. The summed E-state index contributed by atoms with van der Waals surface area (Å²) in [7, 11) is 1.44. The molecule has 1 saturated heterocycles. The fraction of sp³-hybridized carbons (Fsp3) is 0.615. The van der Waals surface area contributed by atoms with Crippen molar-refractivity contribution in [1.29, 1.82) is 0 Å². The van der Waals surface area contributed by atoms with Gasteiger partial charge >= 0.3 is 5.97 Å². The SMILES string of the molecule is CCc1cnc(N2CCCC(C(=O)OC)C2)nc1. The molecule has 2 rings (SSSR count). The highest BCUT2D eigenvalue weighted by Crippen LogP contribution is 2.21. The molecule has 0 amide bonds. The molecule has 18 heavy (non-hydrogen) atoms. The minimum atomic E-state index is -0.134. The van der Waals surface area contributed by atoms with E-state index in [1.165, 1.54) is 7.11 Å². The number of carbonyl (C=O) groups excluding carboxylic acids is 1. The molecule has 1 unspecified atom stereocenters. The number of methoxy groups -OCH3 is 1. The first-order valence-corrected chi connectivity index (χ1v) is 6.38. The third kappa shape index (κ3) is 2.78. The fourth-order valence-electron chi connectivity index (χ4n) is 2.21. The molecule has 0 aliphatic carbocycles. The molecule has 0 radical (unpaired) electrons. The van der Waals surface area contributed by atoms with Gasteiger partial charge in [0.05, 0.1) is 13.0 Å². The molecule has 98 valence electrons. The number of aromatic nitrogens is 2. The summed E-state index contributed by atoms with van der Waals surface area (Å²) >= 11 is 0. The van der Waals surface area contributed by atoms with Gasteiger partial charge in [0.2, 0.25) is 5.95 Å². The summed E-state index contributed by atoms with van der Waals surface area (Å²) in [6.07, 6.45) is 6.49. The normalized spacial score (nSPS) is 19.7. The Morgan fingerprint density at radius 2 is 2.22 bits per heavy atom. The predicted octanol–water partition coefficient (Wildman–Crippen LogP) is 1.43. The van der Waals surface area contributed by atoms with E-state index in [1.807, 2.05) is 12.4 Å². The summed E-state index contributed by atoms with van der Waals surface area (Å²) in [4.78, 5) is 22.3. The van der Waals surface area contributed by atoms with Crippen LogP contribution in [0, 0.1) is 5.92 Å². The first-order valence-electron chi connectivity index (χ1n) is 6.38. The quantitative estimate of drug-likeness (QED) is 0.758. The van der Waals surface area contributed by atoms with Crippen LogP contribution in [0.1, 0.15) is 25.3 Å². The molecule has 1 atom stereocenters. The Hall–Kier alpha value is -1.65. The van der Waals surface area contributed by atoms with Gasteiger partial charge in [0, 0.05) is 25.5 Å². The number of esters is 1. The van der Waals surface area contributed by atoms with Crippen LogP contribution >= 0.6 is 0 Å². The van der Waals surface area contributed by atoms with Crippen molar-refractivity contribution in [1.82, 2.24) is 9.97 Å². The maximum absolute atomic E-state index is 11.6. The molecule has 0 bridgehead atoms. The maximum atomic E-state index is 11.6. The second kappa shape index (κ2) is 5.80. The average Bonchev–Trinajstić information content (AvgIpc) is 2.46. The highest BCUT2D eigenvalue weighted by Gasteiger charge is 2.27. The van der Waals surface area contributed by atoms with E-state index < -0.39 is 0 Å². The lowest BCUT2D eigenvalue weighted by Crippen LogP contribution is -2.40. The number of piperidine rings is 1. The zero-order valence-electron chi connectivity index (χ0n) is 10.9. The third-order valence-corrected chi connectivity index (χ3v) is 3.34. The van der Waals surface area contributed by atoms with Crippen LogP contribution in [0.15, 0.2) is 12.4 Å². The Morgan fingerprint density at radius 1 is 1.50 bits per heavy atom. The minimum absolute atomic E-state index is 0.0572. The molecule has 5 heteroatoms. The van der Waals surface area contributed by atoms with Gasteiger partial charge in [-0.3, -0.25) is 4.79 Å². The van der Waals surface area contributed by atoms with Crippen LogP contribution in [0.25, 0.3) is 0 Å². The standard InChI is InChI=1S/C13H19N3O2/c1-3-10-7-14-13(15-8-10)16-6-4-5-11(9-16)12(17)18-2/h7-8,11H,3-6,9H2,1-2H3. The van der Waals surface area contributed by atoms with Gasteiger partial charge in [-0.1, -0.05) is 6.92 Å². The van der Waals surface area contributed by atoms with Gasteiger partial charge in [0.1, 0.15) is 0 Å². The zero-order chi connectivity index (χ0) is 13.0. The molecule has 0 spiro atoms. The smallest absolute Gasteiger partial charge is 0.310 e. The lowest BCUT2D eigenvalue weighted by atomic mass is 9.98. The van der Waals surface area contributed by atoms with Gasteiger partial charge in [-0.05, 0) is 24.8 Å². The number of nitrogens with zero attached hydrogens (tertiary/aromatic N) is 3. The predicted molar refractivity (Wildman–Crippen MR) is 68.4 cm³/mol. The van der Waals surface area contributed by atoms with E-state index in [-0.39, 0.29) is 11.9 Å². The maximum Gasteiger partial charge on any atom is 0.310 e. The fourth-order valence-corrected chi connectivity index (χ4v) is 2.21. The molecule has 0 saturated carbocycles. The van der Waals surface area contributed by atoms with Crippen molar-refractivity contribution in [2.45, 2.75) is 26.2 Å². The summed E-state index contributed by atoms with van der Waals surface area (Å²) in [6, 6.07) is 0. The largest absolute Gasteiger partial charge is 0.469 e. The van der Waals surface area contributed by atoms with Gasteiger partial charge in [-0.15, -0.1) is 0 Å². The number of anilines is 1. The minimum Gasteiger partial charge on any atom is -0.469 e. The van der Waals surface area contributed by atoms with Crippen LogP contribution < -0.4 is 4.90 Å². The molecule has 1 aromatic rings. The van der Waals surface area contributed by atoms with Crippen molar-refractivity contribution >= 4 is 11.9 Å². The summed E-state index contributed by atoms with van der Waals surface area (Å²) in [5.74, 6) is 0.517. The van der Waals surface area contributed by atoms with E-state index in [4.69, 9.17) is 4.74 Å². The van der Waals surface area contributed by atoms with Crippen molar-refractivity contribution in [3.05, 3.63) is 18.0 Å². The number of carbonyl (C=O) groups is 1. The van der Waals surface area contributed by atoms with E-state index >= 15 is 0 Å². The van der Waals surface area contributed by atoms with Crippen molar-refractivity contribution in [3.63, 3.8) is 0 Å². The Morgan fingerprint density at radius 3 is 2.83 bits per heavy atom. The van der Waals surface area contributed by atoms with E-state index in [9.17, 15) is 4.79 Å². The molecule has 0 N–H and O–H groups in total. The molecular formula is C13H19N3O2. The highest BCUT2D eigenvalue weighted by molar-refractivity contribution is 5.73. The van der Waals surface area contributed by atoms with E-state index in [0.717, 1.165) is 31.4 Å². The molecule has 1 aromatic heterocycles. The van der Waals surface area contributed by atoms with Crippen LogP contribution in [-0.2, 0) is 16.0 Å². The molecular weight excluding hydrogens is 230 g/mol. The van der Waals surface area contributed by atoms with E-state index in [1.54, 1.807) is 0 Å². The van der Waals surface area contributed by atoms with Crippen molar-refractivity contribution < 1.29 is 9.53 Å². The topological polar surface area (TPSA) is 55.3 Å². The molecule has 1 aliphatic heterocycles. The average molecular weight is 249 g/mol. The summed E-state index contributed by atoms with van der Waals surface area (Å²) in [5.41, 5.74) is 1.13. The molecule has 1 aliphatic rings. The van der Waals surface area contributed by atoms with Gasteiger partial charge in [0.15, 0.2) is 0 Å². The Kier molecular flexibility index (Phi) is 4.12. The first-order chi connectivity index (χ1) is 8.74. The Balaban J connectivity index is 2.05. The van der Waals surface area contributed by atoms with Crippen LogP contribution in [0.3, 0.4) is 0 Å². The second-order valence-corrected chi connectivity index (χ2v) is 4.55. The third-order valence-electron chi connectivity index (χ3n) is 3.34. The lowest BCUT2D eigenvalue weighted by Gasteiger charge is -2.31. The van der Waals surface area contributed by atoms with Crippen molar-refractivity contribution in [2.24, 2.45) is 5.92 Å². The van der Waals surface area contributed by atoms with Gasteiger partial charge < -0.3 is 9.64 Å². The highest BCUT2D eigenvalue weighted by atomic mass is 16.5. The number of rotatable bonds is 3. The molecule has 1 fully saturated rings. The van der Waals surface area contributed by atoms with Crippen LogP contribution in [0.2, 0.25) is 0 Å². The Bertz CT molecular complexity index is 405. The van der Waals surface area contributed by atoms with Gasteiger partial charge in [-0.2, -0.15) is 0 Å². The summed E-state index contributed by atoms with van der Waals surface area (Å²) < 4.78 is 4.80. The number of hydrogen-bond donors (Lipinski definition) is 0. The molecule has 2 heterocycles. The summed E-state index contributed by atoms with van der Waals surface area (Å²) in [5, 5.41) is 0. The second-order valence-electron chi connectivity index (χ2n) is 4.55. The van der Waals surface area contributed by atoms with Crippen LogP contribution in [-0.4, -0.2) is 36.1 Å². The Labute approximate surface area is 107 Å². The van der Waals surface area contributed by atoms with E-state index in [0.29, 0.717) is 12.5 Å². The number of hydrogen-bond acceptors (Lipinski definition) is 5. The van der Waals surface area contributed by atoms with Crippen molar-refractivity contribution in [2.75, 3.05) is 25.1 Å². The van der Waals surface area contributed by atoms with Crippen molar-refractivity contribution in [3.8, 4) is 0 Å². The molecule has 5 nitrogen and oxygen atoms in total. The van der Waals surface area contributed by atoms with Gasteiger partial charge in [-0.25, -0.2) is 9.97 Å². The van der Waals surface area contributed by atoms with Crippen LogP contribution in [0.4, 0.5) is 5.95 Å². The van der Waals surface area contributed by atoms with Gasteiger partial charge in [0.25, 0.3) is 0 Å². The molecule has 0 aromatic carbocycles. The number of aryl methyl sites for hydroxylation is 1. The monoisotopic (exact) mass is 249 g/mol. The number of ether oxygens (including phenoxy) is 1. The lowest BCUT2D eigenvalue weighted by molar-refractivity contribution is -0.145.